The second-order valence-electron chi connectivity index (χ2n) is 9.93. The Bertz CT molecular complexity index is 1110. The van der Waals surface area contributed by atoms with Gasteiger partial charge in [0.1, 0.15) is 17.5 Å². The van der Waals surface area contributed by atoms with Crippen molar-refractivity contribution in [1.29, 1.82) is 0 Å². The molecule has 5 aliphatic heterocycles. The van der Waals surface area contributed by atoms with Gasteiger partial charge in [-0.3, -0.25) is 4.90 Å². The van der Waals surface area contributed by atoms with Crippen molar-refractivity contribution in [3.05, 3.63) is 58.2 Å². The fraction of sp³-hybridized carbons (Fsp3) is 0.519. The van der Waals surface area contributed by atoms with Crippen LogP contribution >= 0.6 is 11.6 Å². The molecule has 7 rings (SSSR count). The molecule has 0 saturated carbocycles. The molecule has 7 heteroatoms. The number of pyridine rings is 1. The number of ether oxygens (including phenoxy) is 2. The predicted molar refractivity (Wildman–Crippen MR) is 131 cm³/mol. The fourth-order valence-corrected chi connectivity index (χ4v) is 6.65. The van der Waals surface area contributed by atoms with Crippen LogP contribution in [0, 0.1) is 18.3 Å². The summed E-state index contributed by atoms with van der Waals surface area (Å²) in [6.07, 6.45) is 9.21. The molecule has 0 aliphatic carbocycles. The molecule has 2 atom stereocenters. The predicted octanol–water partition coefficient (Wildman–Crippen LogP) is 3.19. The lowest BCUT2D eigenvalue weighted by atomic mass is 9.66. The Morgan fingerprint density at radius 3 is 2.59 bits per heavy atom. The van der Waals surface area contributed by atoms with Gasteiger partial charge in [-0.25, -0.2) is 4.98 Å². The molecule has 1 aromatic heterocycles. The topological polar surface area (TPSA) is 58.1 Å². The number of terminal acetylenes is 1. The Balaban J connectivity index is 1.44. The highest BCUT2D eigenvalue weighted by Crippen LogP contribution is 2.49. The van der Waals surface area contributed by atoms with Gasteiger partial charge in [-0.05, 0) is 43.5 Å². The minimum atomic E-state index is -1.17. The SMILES string of the molecule is C#CC1N2CCC(CC2)[C@@]1(O)c1cc(Cl)c(N2CCC3(C2)OCCO3)nc1Cc1ccccc1. The monoisotopic (exact) mass is 479 g/mol. The van der Waals surface area contributed by atoms with Crippen molar-refractivity contribution in [2.45, 2.75) is 43.1 Å². The van der Waals surface area contributed by atoms with E-state index in [2.05, 4.69) is 27.9 Å². The zero-order valence-electron chi connectivity index (χ0n) is 19.3. The van der Waals surface area contributed by atoms with Crippen LogP contribution in [-0.2, 0) is 21.5 Å². The van der Waals surface area contributed by atoms with Gasteiger partial charge in [0.05, 0.1) is 30.5 Å². The third kappa shape index (κ3) is 3.54. The van der Waals surface area contributed by atoms with E-state index in [4.69, 9.17) is 32.5 Å². The average molecular weight is 480 g/mol. The molecule has 1 unspecified atom stereocenters. The zero-order valence-corrected chi connectivity index (χ0v) is 20.0. The minimum absolute atomic E-state index is 0.0899. The van der Waals surface area contributed by atoms with E-state index >= 15 is 0 Å². The van der Waals surface area contributed by atoms with Gasteiger partial charge in [0.25, 0.3) is 0 Å². The standard InChI is InChI=1S/C27H30ClN3O3/c1-2-24-27(32,20-8-11-30(24)12-9-20)21-17-22(28)25(29-23(21)16-19-6-4-3-5-7-19)31-13-10-26(18-31)33-14-15-34-26/h1,3-7,17,20,24,32H,8-16,18H2/t24?,27-/m1/s1. The summed E-state index contributed by atoms with van der Waals surface area (Å²) in [5.41, 5.74) is 1.56. The van der Waals surface area contributed by atoms with Crippen LogP contribution in [0.4, 0.5) is 5.82 Å². The Morgan fingerprint density at radius 1 is 1.15 bits per heavy atom. The van der Waals surface area contributed by atoms with Crippen LogP contribution in [0.25, 0.3) is 0 Å². The molecular formula is C27H30ClN3O3. The summed E-state index contributed by atoms with van der Waals surface area (Å²) in [5.74, 6) is 3.14. The molecule has 5 saturated heterocycles. The molecule has 1 aromatic carbocycles. The highest BCUT2D eigenvalue weighted by molar-refractivity contribution is 6.33. The molecule has 6 heterocycles. The van der Waals surface area contributed by atoms with E-state index in [-0.39, 0.29) is 12.0 Å². The van der Waals surface area contributed by atoms with E-state index in [1.165, 1.54) is 0 Å². The van der Waals surface area contributed by atoms with Crippen molar-refractivity contribution in [2.24, 2.45) is 5.92 Å². The lowest BCUT2D eigenvalue weighted by molar-refractivity contribution is -0.143. The van der Waals surface area contributed by atoms with Gasteiger partial charge in [0.2, 0.25) is 0 Å². The molecule has 0 radical (unpaired) electrons. The molecule has 5 aliphatic rings. The largest absolute Gasteiger partial charge is 0.382 e. The number of rotatable bonds is 4. The molecular weight excluding hydrogens is 450 g/mol. The summed E-state index contributed by atoms with van der Waals surface area (Å²) in [4.78, 5) is 9.49. The number of anilines is 1. The van der Waals surface area contributed by atoms with E-state index in [1.807, 2.05) is 24.3 Å². The lowest BCUT2D eigenvalue weighted by Gasteiger charge is -2.54. The number of nitrogens with zero attached hydrogens (tertiary/aromatic N) is 3. The van der Waals surface area contributed by atoms with Gasteiger partial charge >= 0.3 is 0 Å². The normalized spacial score (nSPS) is 31.8. The Morgan fingerprint density at radius 2 is 1.88 bits per heavy atom. The van der Waals surface area contributed by atoms with Crippen molar-refractivity contribution >= 4 is 17.4 Å². The first-order valence-corrected chi connectivity index (χ1v) is 12.6. The quantitative estimate of drug-likeness (QED) is 0.680. The van der Waals surface area contributed by atoms with Crippen LogP contribution in [-0.4, -0.2) is 66.2 Å². The number of piperidine rings is 3. The van der Waals surface area contributed by atoms with Crippen LogP contribution in [0.15, 0.2) is 36.4 Å². The van der Waals surface area contributed by atoms with E-state index in [0.29, 0.717) is 31.2 Å². The Labute approximate surface area is 205 Å². The summed E-state index contributed by atoms with van der Waals surface area (Å²) in [6, 6.07) is 11.8. The van der Waals surface area contributed by atoms with E-state index in [1.54, 1.807) is 0 Å². The molecule has 5 fully saturated rings. The summed E-state index contributed by atoms with van der Waals surface area (Å²) in [6.45, 7) is 4.43. The summed E-state index contributed by atoms with van der Waals surface area (Å²) in [5, 5.41) is 12.8. The molecule has 2 aromatic rings. The summed E-state index contributed by atoms with van der Waals surface area (Å²) in [7, 11) is 0. The van der Waals surface area contributed by atoms with Crippen LogP contribution in [0.2, 0.25) is 5.02 Å². The Hall–Kier alpha value is -2.14. The van der Waals surface area contributed by atoms with Crippen molar-refractivity contribution in [3.63, 3.8) is 0 Å². The van der Waals surface area contributed by atoms with Gasteiger partial charge in [0.15, 0.2) is 5.79 Å². The number of aliphatic hydroxyl groups is 1. The molecule has 34 heavy (non-hydrogen) atoms. The van der Waals surface area contributed by atoms with E-state index in [9.17, 15) is 5.11 Å². The molecule has 178 valence electrons. The number of halogens is 1. The van der Waals surface area contributed by atoms with Gasteiger partial charge in [0, 0.05) is 24.9 Å². The van der Waals surface area contributed by atoms with Crippen molar-refractivity contribution < 1.29 is 14.6 Å². The maximum atomic E-state index is 12.3. The molecule has 1 N–H and O–H groups in total. The minimum Gasteiger partial charge on any atom is -0.382 e. The third-order valence-electron chi connectivity index (χ3n) is 8.08. The number of hydrogen-bond donors (Lipinski definition) is 1. The second kappa shape index (κ2) is 8.51. The van der Waals surface area contributed by atoms with E-state index < -0.39 is 11.4 Å². The van der Waals surface area contributed by atoms with Crippen LogP contribution in [0.5, 0.6) is 0 Å². The van der Waals surface area contributed by atoms with E-state index in [0.717, 1.165) is 61.5 Å². The zero-order chi connectivity index (χ0) is 23.3. The maximum absolute atomic E-state index is 12.3. The molecule has 0 amide bonds. The number of aromatic nitrogens is 1. The smallest absolute Gasteiger partial charge is 0.187 e. The maximum Gasteiger partial charge on any atom is 0.187 e. The second-order valence-corrected chi connectivity index (χ2v) is 10.3. The van der Waals surface area contributed by atoms with Gasteiger partial charge in [-0.2, -0.15) is 0 Å². The van der Waals surface area contributed by atoms with Crippen LogP contribution in [0.1, 0.15) is 36.1 Å². The highest BCUT2D eigenvalue weighted by Gasteiger charge is 2.54. The van der Waals surface area contributed by atoms with Crippen LogP contribution < -0.4 is 4.90 Å². The lowest BCUT2D eigenvalue weighted by Crippen LogP contribution is -2.63. The molecule has 1 spiro atoms. The summed E-state index contributed by atoms with van der Waals surface area (Å²) < 4.78 is 11.8. The number of benzene rings is 1. The summed E-state index contributed by atoms with van der Waals surface area (Å²) >= 11 is 6.89. The van der Waals surface area contributed by atoms with Gasteiger partial charge in [-0.15, -0.1) is 6.42 Å². The molecule has 2 bridgehead atoms. The number of hydrogen-bond acceptors (Lipinski definition) is 6. The van der Waals surface area contributed by atoms with Crippen LogP contribution in [0.3, 0.4) is 0 Å². The highest BCUT2D eigenvalue weighted by atomic mass is 35.5. The Kier molecular flexibility index (Phi) is 5.59. The van der Waals surface area contributed by atoms with Crippen molar-refractivity contribution in [3.8, 4) is 12.3 Å². The first-order valence-electron chi connectivity index (χ1n) is 12.2. The van der Waals surface area contributed by atoms with Crippen molar-refractivity contribution in [1.82, 2.24) is 9.88 Å². The van der Waals surface area contributed by atoms with Gasteiger partial charge < -0.3 is 19.5 Å². The average Bonchev–Trinajstić information content (AvgIpc) is 3.51. The third-order valence-corrected chi connectivity index (χ3v) is 8.36. The van der Waals surface area contributed by atoms with Crippen molar-refractivity contribution in [2.75, 3.05) is 44.3 Å². The van der Waals surface area contributed by atoms with Gasteiger partial charge in [-0.1, -0.05) is 47.9 Å². The first-order chi connectivity index (χ1) is 16.5. The first kappa shape index (κ1) is 22.3. The fourth-order valence-electron chi connectivity index (χ4n) is 6.38. The number of fused-ring (bicyclic) bond motifs is 3. The molecule has 6 nitrogen and oxygen atoms in total.